The van der Waals surface area contributed by atoms with E-state index in [4.69, 9.17) is 4.74 Å². The molecule has 0 unspecified atom stereocenters. The van der Waals surface area contributed by atoms with Crippen LogP contribution in [0.1, 0.15) is 6.92 Å². The average Bonchev–Trinajstić information content (AvgIpc) is 2.35. The molecule has 0 aliphatic rings. The third-order valence-corrected chi connectivity index (χ3v) is 2.93. The van der Waals surface area contributed by atoms with E-state index >= 15 is 0 Å². The maximum atomic E-state index is 11.9. The molecule has 1 aromatic carbocycles. The van der Waals surface area contributed by atoms with Gasteiger partial charge in [0.25, 0.3) is 5.91 Å². The van der Waals surface area contributed by atoms with Crippen molar-refractivity contribution >= 4 is 17.7 Å². The van der Waals surface area contributed by atoms with Crippen LogP contribution in [0, 0.1) is 0 Å². The molecule has 1 aromatic rings. The molecule has 106 valence electrons. The van der Waals surface area contributed by atoms with Gasteiger partial charge in [0.1, 0.15) is 12.3 Å². The predicted octanol–water partition coefficient (Wildman–Crippen LogP) is 2.86. The fourth-order valence-electron chi connectivity index (χ4n) is 1.24. The maximum Gasteiger partial charge on any atom is 0.405 e. The Morgan fingerprint density at radius 3 is 2.68 bits per heavy atom. The zero-order valence-electron chi connectivity index (χ0n) is 10.3. The monoisotopic (exact) mass is 293 g/mol. The number of hydrogen-bond acceptors (Lipinski definition) is 3. The van der Waals surface area contributed by atoms with Crippen LogP contribution in [0.3, 0.4) is 0 Å². The van der Waals surface area contributed by atoms with Gasteiger partial charge in [-0.15, -0.1) is 11.8 Å². The van der Waals surface area contributed by atoms with E-state index in [2.05, 4.69) is 0 Å². The van der Waals surface area contributed by atoms with Gasteiger partial charge in [0, 0.05) is 4.90 Å². The highest BCUT2D eigenvalue weighted by Gasteiger charge is 2.27. The van der Waals surface area contributed by atoms with Gasteiger partial charge in [0.15, 0.2) is 6.61 Å². The van der Waals surface area contributed by atoms with Crippen LogP contribution in [0.15, 0.2) is 29.2 Å². The number of ether oxygens (including phenoxy) is 1. The highest BCUT2D eigenvalue weighted by Crippen LogP contribution is 2.28. The number of carbonyl (C=O) groups excluding carboxylic acids is 1. The third kappa shape index (κ3) is 6.37. The molecule has 1 amide bonds. The zero-order valence-corrected chi connectivity index (χ0v) is 11.1. The maximum absolute atomic E-state index is 11.9. The van der Waals surface area contributed by atoms with E-state index in [1.807, 2.05) is 19.1 Å². The third-order valence-electron chi connectivity index (χ3n) is 1.99. The summed E-state index contributed by atoms with van der Waals surface area (Å²) < 4.78 is 40.9. The topological polar surface area (TPSA) is 38.3 Å². The van der Waals surface area contributed by atoms with E-state index in [1.54, 1.807) is 17.4 Å². The number of halogens is 3. The molecular formula is C12H14F3NO2S. The summed E-state index contributed by atoms with van der Waals surface area (Å²) in [6.07, 6.45) is -4.41. The SMILES string of the molecule is CCSc1ccccc1OCC(=O)NCC(F)(F)F. The lowest BCUT2D eigenvalue weighted by Gasteiger charge is -2.11. The van der Waals surface area contributed by atoms with Gasteiger partial charge in [-0.05, 0) is 17.9 Å². The number of benzene rings is 1. The highest BCUT2D eigenvalue weighted by atomic mass is 32.2. The van der Waals surface area contributed by atoms with E-state index in [0.717, 1.165) is 10.6 Å². The largest absolute Gasteiger partial charge is 0.483 e. The van der Waals surface area contributed by atoms with Crippen molar-refractivity contribution in [2.75, 3.05) is 18.9 Å². The van der Waals surface area contributed by atoms with Crippen LogP contribution < -0.4 is 10.1 Å². The van der Waals surface area contributed by atoms with Gasteiger partial charge < -0.3 is 10.1 Å². The molecule has 7 heteroatoms. The van der Waals surface area contributed by atoms with Crippen molar-refractivity contribution in [3.63, 3.8) is 0 Å². The number of alkyl halides is 3. The van der Waals surface area contributed by atoms with Crippen molar-refractivity contribution in [2.24, 2.45) is 0 Å². The number of carbonyl (C=O) groups is 1. The first kappa shape index (κ1) is 15.7. The van der Waals surface area contributed by atoms with Crippen molar-refractivity contribution in [1.29, 1.82) is 0 Å². The molecule has 0 fully saturated rings. The van der Waals surface area contributed by atoms with Gasteiger partial charge in [-0.3, -0.25) is 4.79 Å². The molecule has 0 aliphatic carbocycles. The number of amides is 1. The van der Waals surface area contributed by atoms with E-state index in [-0.39, 0.29) is 0 Å². The fourth-order valence-corrected chi connectivity index (χ4v) is 1.99. The molecule has 3 nitrogen and oxygen atoms in total. The van der Waals surface area contributed by atoms with Gasteiger partial charge in [0.2, 0.25) is 0 Å². The minimum Gasteiger partial charge on any atom is -0.483 e. The van der Waals surface area contributed by atoms with E-state index in [9.17, 15) is 18.0 Å². The molecule has 19 heavy (non-hydrogen) atoms. The van der Waals surface area contributed by atoms with Crippen LogP contribution in [0.4, 0.5) is 13.2 Å². The van der Waals surface area contributed by atoms with Crippen LogP contribution in [0.2, 0.25) is 0 Å². The van der Waals surface area contributed by atoms with Crippen molar-refractivity contribution in [3.8, 4) is 5.75 Å². The highest BCUT2D eigenvalue weighted by molar-refractivity contribution is 7.99. The summed E-state index contributed by atoms with van der Waals surface area (Å²) in [7, 11) is 0. The molecule has 0 bridgehead atoms. The van der Waals surface area contributed by atoms with Crippen LogP contribution in [-0.4, -0.2) is 31.0 Å². The molecule has 0 atom stereocenters. The molecule has 0 saturated carbocycles. The summed E-state index contributed by atoms with van der Waals surface area (Å²) in [6.45, 7) is 0.190. The van der Waals surface area contributed by atoms with Crippen molar-refractivity contribution in [3.05, 3.63) is 24.3 Å². The average molecular weight is 293 g/mol. The summed E-state index contributed by atoms with van der Waals surface area (Å²) in [5, 5.41) is 1.75. The molecule has 0 aliphatic heterocycles. The normalized spacial score (nSPS) is 11.2. The summed E-state index contributed by atoms with van der Waals surface area (Å²) in [5.74, 6) is 0.533. The van der Waals surface area contributed by atoms with Crippen molar-refractivity contribution < 1.29 is 22.7 Å². The molecule has 0 spiro atoms. The Kier molecular flexibility index (Phi) is 6.01. The number of nitrogens with one attached hydrogen (secondary N) is 1. The first-order chi connectivity index (χ1) is 8.92. The molecule has 1 N–H and O–H groups in total. The molecule has 0 heterocycles. The Balaban J connectivity index is 2.46. The molecular weight excluding hydrogens is 279 g/mol. The minimum atomic E-state index is -4.41. The molecule has 0 saturated heterocycles. The van der Waals surface area contributed by atoms with Crippen LogP contribution in [0.25, 0.3) is 0 Å². The molecule has 1 rings (SSSR count). The Morgan fingerprint density at radius 2 is 2.05 bits per heavy atom. The first-order valence-electron chi connectivity index (χ1n) is 5.60. The predicted molar refractivity (Wildman–Crippen MR) is 67.4 cm³/mol. The summed E-state index contributed by atoms with van der Waals surface area (Å²) in [5.41, 5.74) is 0. The van der Waals surface area contributed by atoms with Gasteiger partial charge in [-0.1, -0.05) is 19.1 Å². The summed E-state index contributed by atoms with van der Waals surface area (Å²) in [4.78, 5) is 12.0. The number of rotatable bonds is 6. The lowest BCUT2D eigenvalue weighted by atomic mass is 10.3. The van der Waals surface area contributed by atoms with Crippen molar-refractivity contribution in [2.45, 2.75) is 18.0 Å². The van der Waals surface area contributed by atoms with E-state index in [1.165, 1.54) is 11.8 Å². The van der Waals surface area contributed by atoms with Gasteiger partial charge in [-0.25, -0.2) is 0 Å². The standard InChI is InChI=1S/C12H14F3NO2S/c1-2-19-10-6-4-3-5-9(10)18-7-11(17)16-8-12(13,14)15/h3-6H,2,7-8H2,1H3,(H,16,17). The first-order valence-corrected chi connectivity index (χ1v) is 6.59. The second-order valence-electron chi connectivity index (χ2n) is 3.56. The van der Waals surface area contributed by atoms with E-state index < -0.39 is 25.2 Å². The second kappa shape index (κ2) is 7.28. The Morgan fingerprint density at radius 1 is 1.37 bits per heavy atom. The lowest BCUT2D eigenvalue weighted by molar-refractivity contribution is -0.139. The van der Waals surface area contributed by atoms with Gasteiger partial charge >= 0.3 is 6.18 Å². The second-order valence-corrected chi connectivity index (χ2v) is 4.87. The Bertz CT molecular complexity index is 424. The van der Waals surface area contributed by atoms with Gasteiger partial charge in [0.05, 0.1) is 0 Å². The smallest absolute Gasteiger partial charge is 0.405 e. The molecule has 0 aromatic heterocycles. The lowest BCUT2D eigenvalue weighted by Crippen LogP contribution is -2.36. The number of para-hydroxylation sites is 1. The summed E-state index contributed by atoms with van der Waals surface area (Å²) >= 11 is 1.53. The number of hydrogen-bond donors (Lipinski definition) is 1. The van der Waals surface area contributed by atoms with Crippen molar-refractivity contribution in [1.82, 2.24) is 5.32 Å². The fraction of sp³-hybridized carbons (Fsp3) is 0.417. The summed E-state index contributed by atoms with van der Waals surface area (Å²) in [6, 6.07) is 7.07. The molecule has 0 radical (unpaired) electrons. The minimum absolute atomic E-state index is 0.433. The Hall–Kier alpha value is -1.37. The number of thioether (sulfide) groups is 1. The zero-order chi connectivity index (χ0) is 14.3. The van der Waals surface area contributed by atoms with E-state index in [0.29, 0.717) is 5.75 Å². The van der Waals surface area contributed by atoms with Gasteiger partial charge in [-0.2, -0.15) is 13.2 Å². The Labute approximate surface area is 113 Å². The van der Waals surface area contributed by atoms with Crippen LogP contribution >= 0.6 is 11.8 Å². The van der Waals surface area contributed by atoms with Crippen LogP contribution in [0.5, 0.6) is 5.75 Å². The quantitative estimate of drug-likeness (QED) is 0.820. The van der Waals surface area contributed by atoms with Crippen LogP contribution in [-0.2, 0) is 4.79 Å².